The lowest BCUT2D eigenvalue weighted by Gasteiger charge is -2.11. The molecule has 0 saturated heterocycles. The van der Waals surface area contributed by atoms with Crippen LogP contribution in [0.4, 0.5) is 17.6 Å². The highest BCUT2D eigenvalue weighted by Crippen LogP contribution is 2.32. The quantitative estimate of drug-likeness (QED) is 0.190. The Labute approximate surface area is 252 Å². The van der Waals surface area contributed by atoms with Crippen LogP contribution in [0.15, 0.2) is 73.6 Å². The van der Waals surface area contributed by atoms with E-state index in [2.05, 4.69) is 34.9 Å². The van der Waals surface area contributed by atoms with Gasteiger partial charge in [-0.2, -0.15) is 26.3 Å². The molecule has 2 aliphatic heterocycles. The Hall–Kier alpha value is -7.48. The van der Waals surface area contributed by atoms with Gasteiger partial charge in [0.2, 0.25) is 0 Å². The smallest absolute Gasteiger partial charge is 0.182 e. The fourth-order valence-corrected chi connectivity index (χ4v) is 4.43. The summed E-state index contributed by atoms with van der Waals surface area (Å²) in [7, 11) is 0. The number of hydrogen-bond acceptors (Lipinski definition) is 12. The van der Waals surface area contributed by atoms with E-state index >= 15 is 8.78 Å². The highest BCUT2D eigenvalue weighted by Gasteiger charge is 2.30. The molecule has 214 valence electrons. The standard InChI is InChI=1S/C30H6F4N12/c31-21-15(10-38)22(32)24(34)20(23(21)33)30-45-27(13-5-6-19-25(14(13)9-37)43-26(42-19)12(7-35)8-36)44-29(46-30)16(11-39)28-40-17-3-1-2-4-18(17)41-28/h1-6H. The average molecular weight is 610 g/mol. The van der Waals surface area contributed by atoms with Crippen LogP contribution in [0.5, 0.6) is 0 Å². The second-order valence-electron chi connectivity index (χ2n) is 9.06. The molecule has 0 N–H and O–H groups in total. The molecular formula is C30H6F4N12. The summed E-state index contributed by atoms with van der Waals surface area (Å²) < 4.78 is 59.8. The minimum absolute atomic E-state index is 0.0854. The fourth-order valence-electron chi connectivity index (χ4n) is 4.43. The fraction of sp³-hybridized carbons (Fsp3) is 0. The van der Waals surface area contributed by atoms with E-state index in [9.17, 15) is 29.8 Å². The van der Waals surface area contributed by atoms with Crippen LogP contribution in [-0.2, 0) is 0 Å². The summed E-state index contributed by atoms with van der Waals surface area (Å²) in [5.74, 6) is -10.7. The van der Waals surface area contributed by atoms with E-state index in [1.54, 1.807) is 36.4 Å². The van der Waals surface area contributed by atoms with Gasteiger partial charge in [0.1, 0.15) is 46.8 Å². The molecule has 0 atom stereocenters. The molecule has 16 heteroatoms. The lowest BCUT2D eigenvalue weighted by atomic mass is 10.1. The van der Waals surface area contributed by atoms with Crippen LogP contribution in [0, 0.1) is 79.9 Å². The molecule has 0 unspecified atom stereocenters. The third kappa shape index (κ3) is 4.38. The summed E-state index contributed by atoms with van der Waals surface area (Å²) in [4.78, 5) is 28.8. The van der Waals surface area contributed by atoms with Crippen molar-refractivity contribution in [3.63, 3.8) is 0 Å². The predicted molar refractivity (Wildman–Crippen MR) is 142 cm³/mol. The maximum Gasteiger partial charge on any atom is 0.182 e. The number of hydrogen-bond donors (Lipinski definition) is 0. The number of aromatic nitrogens is 3. The predicted octanol–water partition coefficient (Wildman–Crippen LogP) is 2.16. The van der Waals surface area contributed by atoms with Crippen molar-refractivity contribution in [1.29, 1.82) is 26.3 Å². The molecule has 0 spiro atoms. The molecule has 0 fully saturated rings. The maximum absolute atomic E-state index is 15.2. The Balaban J connectivity index is 1.70. The van der Waals surface area contributed by atoms with Crippen molar-refractivity contribution in [3.05, 3.63) is 115 Å². The first-order valence-corrected chi connectivity index (χ1v) is 12.5. The number of nitriles is 5. The number of allylic oxidation sites excluding steroid dienone is 2. The van der Waals surface area contributed by atoms with Crippen molar-refractivity contribution in [2.75, 3.05) is 0 Å². The van der Waals surface area contributed by atoms with Gasteiger partial charge in [0.05, 0.1) is 27.2 Å². The molecule has 0 aliphatic carbocycles. The highest BCUT2D eigenvalue weighted by molar-refractivity contribution is 5.78. The maximum atomic E-state index is 15.2. The van der Waals surface area contributed by atoms with Gasteiger partial charge in [-0.3, -0.25) is 0 Å². The summed E-state index contributed by atoms with van der Waals surface area (Å²) in [6, 6.07) is 17.1. The summed E-state index contributed by atoms with van der Waals surface area (Å²) in [6.07, 6.45) is 0. The molecule has 2 aliphatic rings. The van der Waals surface area contributed by atoms with Crippen molar-refractivity contribution >= 4 is 5.57 Å². The number of fused-ring (bicyclic) bond motifs is 2. The Bertz CT molecular complexity index is 2560. The van der Waals surface area contributed by atoms with Crippen LogP contribution in [0.1, 0.15) is 17.0 Å². The first-order chi connectivity index (χ1) is 22.2. The van der Waals surface area contributed by atoms with Crippen molar-refractivity contribution in [2.24, 2.45) is 20.0 Å². The number of benzene rings is 3. The minimum atomic E-state index is -2.02. The van der Waals surface area contributed by atoms with E-state index in [-0.39, 0.29) is 33.5 Å². The lowest BCUT2D eigenvalue weighted by Crippen LogP contribution is -2.26. The Kier molecular flexibility index (Phi) is 6.83. The largest absolute Gasteiger partial charge is 0.226 e. The Morgan fingerprint density at radius 3 is 1.72 bits per heavy atom. The summed E-state index contributed by atoms with van der Waals surface area (Å²) in [5, 5.41) is 48.3. The summed E-state index contributed by atoms with van der Waals surface area (Å²) in [6.45, 7) is 0. The van der Waals surface area contributed by atoms with Crippen molar-refractivity contribution in [1.82, 2.24) is 15.0 Å². The first-order valence-electron chi connectivity index (χ1n) is 12.5. The van der Waals surface area contributed by atoms with Gasteiger partial charge in [0.25, 0.3) is 0 Å². The van der Waals surface area contributed by atoms with Gasteiger partial charge in [0, 0.05) is 5.56 Å². The van der Waals surface area contributed by atoms with Crippen LogP contribution >= 0.6 is 0 Å². The van der Waals surface area contributed by atoms with Gasteiger partial charge in [0.15, 0.2) is 58.0 Å². The molecule has 1 aromatic heterocycles. The molecule has 0 bridgehead atoms. The van der Waals surface area contributed by atoms with Crippen LogP contribution < -0.4 is 21.4 Å². The molecule has 0 amide bonds. The molecule has 12 nitrogen and oxygen atoms in total. The molecule has 0 saturated carbocycles. The normalized spacial score (nSPS) is 12.0. The van der Waals surface area contributed by atoms with E-state index in [0.29, 0.717) is 10.7 Å². The SMILES string of the molecule is N#CC(C#N)=C1N=c2ccc(-c3nc(C(C#N)=C4N=c5ccccc5=N4)nc(-c4c(F)c(F)c(C#N)c(F)c4F)n3)c(C#N)c2=N1. The topological polar surface area (TPSA) is 207 Å². The number of halogens is 4. The van der Waals surface area contributed by atoms with E-state index in [1.807, 2.05) is 12.1 Å². The summed E-state index contributed by atoms with van der Waals surface area (Å²) in [5.41, 5.74) is -4.28. The molecule has 4 aromatic rings. The van der Waals surface area contributed by atoms with E-state index < -0.39 is 63.0 Å². The van der Waals surface area contributed by atoms with Crippen LogP contribution in [0.2, 0.25) is 0 Å². The molecule has 46 heavy (non-hydrogen) atoms. The third-order valence-electron chi connectivity index (χ3n) is 6.53. The zero-order chi connectivity index (χ0) is 32.7. The van der Waals surface area contributed by atoms with Crippen LogP contribution in [0.25, 0.3) is 28.3 Å². The van der Waals surface area contributed by atoms with E-state index in [0.717, 1.165) is 6.07 Å². The number of rotatable bonds is 3. The number of nitrogens with zero attached hydrogens (tertiary/aromatic N) is 12. The monoisotopic (exact) mass is 610 g/mol. The van der Waals surface area contributed by atoms with Gasteiger partial charge in [-0.05, 0) is 24.3 Å². The second kappa shape index (κ2) is 11.0. The lowest BCUT2D eigenvalue weighted by molar-refractivity contribution is 0.453. The molecule has 3 aromatic carbocycles. The van der Waals surface area contributed by atoms with Crippen molar-refractivity contribution in [3.8, 4) is 53.1 Å². The molecular weight excluding hydrogens is 604 g/mol. The van der Waals surface area contributed by atoms with Crippen molar-refractivity contribution < 1.29 is 17.6 Å². The second-order valence-corrected chi connectivity index (χ2v) is 9.06. The average Bonchev–Trinajstić information content (AvgIpc) is 3.69. The Morgan fingerprint density at radius 2 is 1.15 bits per heavy atom. The zero-order valence-corrected chi connectivity index (χ0v) is 22.3. The van der Waals surface area contributed by atoms with Crippen LogP contribution in [-0.4, -0.2) is 15.0 Å². The van der Waals surface area contributed by atoms with E-state index in [4.69, 9.17) is 5.26 Å². The Morgan fingerprint density at radius 1 is 0.565 bits per heavy atom. The van der Waals surface area contributed by atoms with Crippen molar-refractivity contribution in [2.45, 2.75) is 0 Å². The van der Waals surface area contributed by atoms with Gasteiger partial charge in [-0.1, -0.05) is 12.1 Å². The third-order valence-corrected chi connectivity index (χ3v) is 6.53. The molecule has 0 radical (unpaired) electrons. The summed E-state index contributed by atoms with van der Waals surface area (Å²) >= 11 is 0. The van der Waals surface area contributed by atoms with Gasteiger partial charge >= 0.3 is 0 Å². The molecule has 6 rings (SSSR count). The first kappa shape index (κ1) is 28.6. The van der Waals surface area contributed by atoms with Gasteiger partial charge in [-0.15, -0.1) is 0 Å². The van der Waals surface area contributed by atoms with E-state index in [1.165, 1.54) is 12.1 Å². The van der Waals surface area contributed by atoms with Gasteiger partial charge in [-0.25, -0.2) is 52.5 Å². The van der Waals surface area contributed by atoms with Crippen LogP contribution in [0.3, 0.4) is 0 Å². The van der Waals surface area contributed by atoms with Gasteiger partial charge < -0.3 is 0 Å². The number of para-hydroxylation sites is 2. The zero-order valence-electron chi connectivity index (χ0n) is 22.3. The highest BCUT2D eigenvalue weighted by atomic mass is 19.2. The minimum Gasteiger partial charge on any atom is -0.226 e. The molecule has 3 heterocycles.